The van der Waals surface area contributed by atoms with E-state index in [2.05, 4.69) is 0 Å². The summed E-state index contributed by atoms with van der Waals surface area (Å²) in [5.41, 5.74) is 1.84. The first-order valence-corrected chi connectivity index (χ1v) is 9.36. The zero-order chi connectivity index (χ0) is 18.2. The molecule has 0 spiro atoms. The molecule has 0 aliphatic heterocycles. The van der Waals surface area contributed by atoms with Crippen LogP contribution in [0.15, 0.2) is 107 Å². The molecule has 0 aliphatic rings. The summed E-state index contributed by atoms with van der Waals surface area (Å²) in [5.74, 6) is 0.794. The van der Waals surface area contributed by atoms with E-state index in [0.717, 1.165) is 32.0 Å². The van der Waals surface area contributed by atoms with Crippen LogP contribution >= 0.6 is 23.4 Å². The van der Waals surface area contributed by atoms with Crippen molar-refractivity contribution in [2.75, 3.05) is 0 Å². The van der Waals surface area contributed by atoms with Crippen LogP contribution in [0.2, 0.25) is 5.02 Å². The van der Waals surface area contributed by atoms with Crippen molar-refractivity contribution < 1.29 is 4.74 Å². The lowest BCUT2D eigenvalue weighted by atomic mass is 10.3. The number of hydrogen-bond donors (Lipinski definition) is 0. The summed E-state index contributed by atoms with van der Waals surface area (Å²) in [6.45, 7) is 1.99. The maximum absolute atomic E-state index is 5.99. The molecule has 0 fully saturated rings. The molecule has 130 valence electrons. The molecule has 0 aromatic heterocycles. The Morgan fingerprint density at radius 1 is 0.885 bits per heavy atom. The molecule has 3 aromatic carbocycles. The first kappa shape index (κ1) is 18.3. The number of rotatable bonds is 5. The number of halogens is 1. The van der Waals surface area contributed by atoms with Gasteiger partial charge in [-0.05, 0) is 55.5 Å². The Balaban J connectivity index is 1.86. The van der Waals surface area contributed by atoms with Gasteiger partial charge in [0.25, 0.3) is 0 Å². The topological polar surface area (TPSA) is 21.6 Å². The average molecular weight is 380 g/mol. The molecule has 2 nitrogen and oxygen atoms in total. The molecule has 3 rings (SSSR count). The van der Waals surface area contributed by atoms with E-state index in [-0.39, 0.29) is 0 Å². The van der Waals surface area contributed by atoms with Gasteiger partial charge in [0, 0.05) is 15.5 Å². The van der Waals surface area contributed by atoms with Crippen LogP contribution in [0.3, 0.4) is 0 Å². The Morgan fingerprint density at radius 2 is 1.50 bits per heavy atom. The molecule has 0 atom stereocenters. The van der Waals surface area contributed by atoms with Crippen LogP contribution in [0.5, 0.6) is 5.75 Å². The third kappa shape index (κ3) is 5.51. The Hall–Kier alpha value is -2.49. The Kier molecular flexibility index (Phi) is 6.53. The lowest BCUT2D eigenvalue weighted by molar-refractivity contribution is 0.478. The second-order valence-corrected chi connectivity index (χ2v) is 7.04. The normalized spacial score (nSPS) is 12.1. The second kappa shape index (κ2) is 9.27. The van der Waals surface area contributed by atoms with Crippen molar-refractivity contribution in [2.45, 2.75) is 11.8 Å². The minimum atomic E-state index is 0.718. The highest BCUT2D eigenvalue weighted by molar-refractivity contribution is 8.14. The predicted molar refractivity (Wildman–Crippen MR) is 112 cm³/mol. The summed E-state index contributed by atoms with van der Waals surface area (Å²) in [6, 6.07) is 27.3. The Labute approximate surface area is 163 Å². The van der Waals surface area contributed by atoms with Gasteiger partial charge in [0.2, 0.25) is 0 Å². The van der Waals surface area contributed by atoms with Crippen molar-refractivity contribution in [3.05, 3.63) is 102 Å². The summed E-state index contributed by atoms with van der Waals surface area (Å²) >= 11 is 7.57. The number of ether oxygens (including phenoxy) is 1. The molecule has 0 radical (unpaired) electrons. The standard InChI is InChI=1S/C22H18ClNOS/c1-17(16-25-20-10-6-3-7-11-20)22(24-19-8-4-2-5-9-19)26-21-14-12-18(23)13-15-21/h2-16H,1H3/b17-16+,24-22-. The molecule has 0 saturated carbocycles. The lowest BCUT2D eigenvalue weighted by Gasteiger charge is -2.08. The third-order valence-corrected chi connectivity index (χ3v) is 4.83. The summed E-state index contributed by atoms with van der Waals surface area (Å²) in [7, 11) is 0. The molecule has 0 bridgehead atoms. The van der Waals surface area contributed by atoms with Gasteiger partial charge >= 0.3 is 0 Å². The number of nitrogens with zero attached hydrogens (tertiary/aromatic N) is 1. The first-order chi connectivity index (χ1) is 12.7. The van der Waals surface area contributed by atoms with Crippen molar-refractivity contribution in [3.8, 4) is 5.75 Å². The van der Waals surface area contributed by atoms with Crippen molar-refractivity contribution in [1.29, 1.82) is 0 Å². The number of para-hydroxylation sites is 2. The molecule has 0 N–H and O–H groups in total. The van der Waals surface area contributed by atoms with Crippen LogP contribution in [0.1, 0.15) is 6.92 Å². The van der Waals surface area contributed by atoms with E-state index in [1.807, 2.05) is 91.9 Å². The maximum atomic E-state index is 5.99. The second-order valence-electron chi connectivity index (χ2n) is 5.54. The highest BCUT2D eigenvalue weighted by Gasteiger charge is 2.07. The van der Waals surface area contributed by atoms with Gasteiger partial charge in [0.1, 0.15) is 10.8 Å². The van der Waals surface area contributed by atoms with Crippen LogP contribution < -0.4 is 4.74 Å². The highest BCUT2D eigenvalue weighted by Crippen LogP contribution is 2.27. The summed E-state index contributed by atoms with van der Waals surface area (Å²) in [4.78, 5) is 5.85. The van der Waals surface area contributed by atoms with Crippen LogP contribution in [-0.2, 0) is 0 Å². The van der Waals surface area contributed by atoms with Gasteiger partial charge in [-0.25, -0.2) is 4.99 Å². The number of aliphatic imine (C=N–C) groups is 1. The van der Waals surface area contributed by atoms with Crippen molar-refractivity contribution in [3.63, 3.8) is 0 Å². The van der Waals surface area contributed by atoms with Gasteiger partial charge in [0.15, 0.2) is 0 Å². The maximum Gasteiger partial charge on any atom is 0.126 e. The largest absolute Gasteiger partial charge is 0.465 e. The molecule has 4 heteroatoms. The fourth-order valence-electron chi connectivity index (χ4n) is 2.13. The zero-order valence-corrected chi connectivity index (χ0v) is 15.9. The fraction of sp³-hybridized carbons (Fsp3) is 0.0455. The van der Waals surface area contributed by atoms with Crippen LogP contribution in [0.4, 0.5) is 5.69 Å². The van der Waals surface area contributed by atoms with Gasteiger partial charge in [-0.1, -0.05) is 59.8 Å². The molecule has 0 unspecified atom stereocenters. The molecule has 26 heavy (non-hydrogen) atoms. The Bertz CT molecular complexity index is 890. The van der Waals surface area contributed by atoms with E-state index >= 15 is 0 Å². The lowest BCUT2D eigenvalue weighted by Crippen LogP contribution is -1.97. The van der Waals surface area contributed by atoms with E-state index in [1.165, 1.54) is 0 Å². The summed E-state index contributed by atoms with van der Waals surface area (Å²) in [6.07, 6.45) is 1.74. The van der Waals surface area contributed by atoms with Crippen molar-refractivity contribution >= 4 is 34.1 Å². The van der Waals surface area contributed by atoms with E-state index in [9.17, 15) is 0 Å². The van der Waals surface area contributed by atoms with E-state index in [0.29, 0.717) is 0 Å². The van der Waals surface area contributed by atoms with Crippen LogP contribution in [0, 0.1) is 0 Å². The van der Waals surface area contributed by atoms with Crippen molar-refractivity contribution in [2.24, 2.45) is 4.99 Å². The first-order valence-electron chi connectivity index (χ1n) is 8.17. The van der Waals surface area contributed by atoms with Crippen LogP contribution in [-0.4, -0.2) is 5.04 Å². The van der Waals surface area contributed by atoms with Crippen molar-refractivity contribution in [1.82, 2.24) is 0 Å². The smallest absolute Gasteiger partial charge is 0.126 e. The Morgan fingerprint density at radius 3 is 2.15 bits per heavy atom. The van der Waals surface area contributed by atoms with Crippen LogP contribution in [0.25, 0.3) is 0 Å². The van der Waals surface area contributed by atoms with Gasteiger partial charge in [-0.3, -0.25) is 0 Å². The molecule has 0 heterocycles. The third-order valence-electron chi connectivity index (χ3n) is 3.47. The number of thioether (sulfide) groups is 1. The molecule has 3 aromatic rings. The van der Waals surface area contributed by atoms with E-state index in [1.54, 1.807) is 18.0 Å². The molecule has 0 amide bonds. The fourth-order valence-corrected chi connectivity index (χ4v) is 3.11. The monoisotopic (exact) mass is 379 g/mol. The quantitative estimate of drug-likeness (QED) is 0.203. The van der Waals surface area contributed by atoms with E-state index in [4.69, 9.17) is 21.3 Å². The van der Waals surface area contributed by atoms with Gasteiger partial charge in [0.05, 0.1) is 11.9 Å². The summed E-state index contributed by atoms with van der Waals surface area (Å²) in [5, 5.41) is 1.59. The minimum absolute atomic E-state index is 0.718. The summed E-state index contributed by atoms with van der Waals surface area (Å²) < 4.78 is 5.77. The SMILES string of the molecule is CC(=C\Oc1ccccc1)/C(=N/c1ccccc1)Sc1ccc(Cl)cc1. The highest BCUT2D eigenvalue weighted by atomic mass is 35.5. The number of hydrogen-bond acceptors (Lipinski definition) is 3. The van der Waals surface area contributed by atoms with Gasteiger partial charge in [-0.15, -0.1) is 0 Å². The molecular weight excluding hydrogens is 362 g/mol. The van der Waals surface area contributed by atoms with E-state index < -0.39 is 0 Å². The minimum Gasteiger partial charge on any atom is -0.465 e. The molecular formula is C22H18ClNOS. The molecule has 0 aliphatic carbocycles. The predicted octanol–water partition coefficient (Wildman–Crippen LogP) is 7.15. The van der Waals surface area contributed by atoms with Gasteiger partial charge < -0.3 is 4.74 Å². The van der Waals surface area contributed by atoms with Gasteiger partial charge in [-0.2, -0.15) is 0 Å². The average Bonchev–Trinajstić information content (AvgIpc) is 2.69. The number of benzene rings is 3. The zero-order valence-electron chi connectivity index (χ0n) is 14.3. The molecule has 0 saturated heterocycles.